The second-order valence-electron chi connectivity index (χ2n) is 10.6. The molecule has 4 rings (SSSR count). The van der Waals surface area contributed by atoms with Crippen molar-refractivity contribution in [2.45, 2.75) is 37.0 Å². The minimum atomic E-state index is -4.70. The van der Waals surface area contributed by atoms with E-state index in [2.05, 4.69) is 10.3 Å². The van der Waals surface area contributed by atoms with Gasteiger partial charge in [-0.15, -0.1) is 11.8 Å². The fourth-order valence-electron chi connectivity index (χ4n) is 5.65. The lowest BCUT2D eigenvalue weighted by Crippen LogP contribution is -2.56. The van der Waals surface area contributed by atoms with Crippen LogP contribution in [0.1, 0.15) is 25.0 Å². The molecule has 6 nitrogen and oxygen atoms in total. The molecule has 1 fully saturated rings. The van der Waals surface area contributed by atoms with Crippen LogP contribution in [-0.2, 0) is 11.0 Å². The number of nitrogens with zero attached hydrogens (tertiary/aromatic N) is 4. The lowest BCUT2D eigenvalue weighted by Gasteiger charge is -2.39. The van der Waals surface area contributed by atoms with Crippen LogP contribution in [0.2, 0.25) is 0 Å². The Hall–Kier alpha value is -2.63. The Bertz CT molecular complexity index is 1210. The molecule has 2 aromatic rings. The van der Waals surface area contributed by atoms with Crippen LogP contribution in [0.15, 0.2) is 40.2 Å². The molecular weight excluding hydrogens is 530 g/mol. The second-order valence-corrected chi connectivity index (χ2v) is 11.7. The number of amides is 1. The maximum Gasteiger partial charge on any atom is 0.417 e. The molecule has 0 saturated carbocycles. The molecule has 0 radical (unpaired) electrons. The normalized spacial score (nSPS) is 22.6. The van der Waals surface area contributed by atoms with E-state index in [9.17, 15) is 22.4 Å². The van der Waals surface area contributed by atoms with Gasteiger partial charge in [0.1, 0.15) is 11.7 Å². The number of aliphatic imine (C=N–C) groups is 1. The molecule has 11 heteroatoms. The monoisotopic (exact) mass is 565 g/mol. The maximum atomic E-state index is 14.8. The Labute approximate surface area is 231 Å². The number of anilines is 1. The number of thioether (sulfide) groups is 1. The fraction of sp³-hybridized carbons (Fsp3) is 0.500. The largest absolute Gasteiger partial charge is 0.417 e. The highest BCUT2D eigenvalue weighted by atomic mass is 32.2. The van der Waals surface area contributed by atoms with Crippen LogP contribution in [0.4, 0.5) is 23.2 Å². The van der Waals surface area contributed by atoms with Crippen molar-refractivity contribution in [3.8, 4) is 11.1 Å². The van der Waals surface area contributed by atoms with Crippen LogP contribution in [0.3, 0.4) is 0 Å². The summed E-state index contributed by atoms with van der Waals surface area (Å²) in [6.07, 6.45) is -3.99. The van der Waals surface area contributed by atoms with Crippen LogP contribution in [0.25, 0.3) is 11.1 Å². The van der Waals surface area contributed by atoms with E-state index >= 15 is 0 Å². The predicted octanol–water partition coefficient (Wildman–Crippen LogP) is 4.82. The number of carbonyl (C=O) groups excluding carboxylic acids is 1. The number of alkyl halides is 3. The molecule has 0 bridgehead atoms. The van der Waals surface area contributed by atoms with Crippen molar-refractivity contribution in [1.29, 1.82) is 0 Å². The Morgan fingerprint density at radius 3 is 2.33 bits per heavy atom. The van der Waals surface area contributed by atoms with Crippen LogP contribution in [0.5, 0.6) is 0 Å². The summed E-state index contributed by atoms with van der Waals surface area (Å²) in [6, 6.07) is 6.37. The van der Waals surface area contributed by atoms with E-state index in [0.29, 0.717) is 54.8 Å². The quantitative estimate of drug-likeness (QED) is 0.244. The zero-order valence-electron chi connectivity index (χ0n) is 22.8. The SMILES string of the molecule is CN=C(c1cc(C(F)(F)F)c(-c2ccc(F)cc2)c2c1N(C=O)CC(CN(C)C)CS2)N1C[C@@H](C)N[C@@H](C)C1. The Morgan fingerprint density at radius 2 is 1.79 bits per heavy atom. The minimum Gasteiger partial charge on any atom is -0.353 e. The van der Waals surface area contributed by atoms with Crippen molar-refractivity contribution in [1.82, 2.24) is 15.1 Å². The van der Waals surface area contributed by atoms with E-state index in [1.165, 1.54) is 28.8 Å². The zero-order chi connectivity index (χ0) is 28.5. The molecule has 0 aromatic heterocycles. The number of amidine groups is 1. The molecule has 2 heterocycles. The van der Waals surface area contributed by atoms with E-state index < -0.39 is 17.6 Å². The van der Waals surface area contributed by atoms with E-state index in [1.807, 2.05) is 37.7 Å². The van der Waals surface area contributed by atoms with Crippen molar-refractivity contribution in [3.05, 3.63) is 47.3 Å². The summed E-state index contributed by atoms with van der Waals surface area (Å²) in [4.78, 5) is 23.0. The average Bonchev–Trinajstić information content (AvgIpc) is 3.03. The lowest BCUT2D eigenvalue weighted by atomic mass is 9.93. The van der Waals surface area contributed by atoms with Crippen molar-refractivity contribution in [3.63, 3.8) is 0 Å². The average molecular weight is 566 g/mol. The molecule has 1 saturated heterocycles. The third-order valence-corrected chi connectivity index (χ3v) is 8.28. The Kier molecular flexibility index (Phi) is 8.92. The summed E-state index contributed by atoms with van der Waals surface area (Å²) < 4.78 is 58.2. The molecule has 39 heavy (non-hydrogen) atoms. The van der Waals surface area contributed by atoms with Crippen LogP contribution in [-0.4, -0.2) is 87.2 Å². The van der Waals surface area contributed by atoms with Crippen molar-refractivity contribution in [2.75, 3.05) is 58.0 Å². The third-order valence-electron chi connectivity index (χ3n) is 6.96. The standard InChI is InChI=1S/C28H35F4N5OS/c1-17-11-36(12-18(2)34-17)27(33-3)22-10-23(28(30,31)32)24(20-6-8-21(29)9-7-20)26-25(22)37(16-38)14-19(15-39-26)13-35(4)5/h6-10,16-19,34H,11-15H2,1-5H3/t17-,18+,19?. The first kappa shape index (κ1) is 29.4. The number of carbonyl (C=O) groups is 1. The summed E-state index contributed by atoms with van der Waals surface area (Å²) in [6.45, 7) is 6.19. The highest BCUT2D eigenvalue weighted by Crippen LogP contribution is 2.50. The molecule has 2 aliphatic heterocycles. The molecule has 2 aliphatic rings. The van der Waals surface area contributed by atoms with Crippen molar-refractivity contribution in [2.24, 2.45) is 10.9 Å². The van der Waals surface area contributed by atoms with Gasteiger partial charge < -0.3 is 20.0 Å². The van der Waals surface area contributed by atoms with Gasteiger partial charge in [0.05, 0.1) is 11.3 Å². The van der Waals surface area contributed by atoms with Gasteiger partial charge in [-0.1, -0.05) is 12.1 Å². The summed E-state index contributed by atoms with van der Waals surface area (Å²) in [5.41, 5.74) is 0.0706. The molecule has 1 amide bonds. The van der Waals surface area contributed by atoms with Crippen molar-refractivity contribution < 1.29 is 22.4 Å². The highest BCUT2D eigenvalue weighted by Gasteiger charge is 2.40. The predicted molar refractivity (Wildman–Crippen MR) is 149 cm³/mol. The van der Waals surface area contributed by atoms with Gasteiger partial charge in [-0.3, -0.25) is 9.79 Å². The van der Waals surface area contributed by atoms with Crippen LogP contribution in [0, 0.1) is 11.7 Å². The lowest BCUT2D eigenvalue weighted by molar-refractivity contribution is -0.137. The molecule has 2 aromatic carbocycles. The van der Waals surface area contributed by atoms with E-state index in [4.69, 9.17) is 0 Å². The maximum absolute atomic E-state index is 14.8. The molecular formula is C28H35F4N5OS. The summed E-state index contributed by atoms with van der Waals surface area (Å²) in [5, 5.41) is 3.44. The van der Waals surface area contributed by atoms with Gasteiger partial charge in [0, 0.05) is 67.1 Å². The smallest absolute Gasteiger partial charge is 0.353 e. The topological polar surface area (TPSA) is 51.2 Å². The fourth-order valence-corrected chi connectivity index (χ4v) is 7.00. The first-order chi connectivity index (χ1) is 18.4. The molecule has 0 spiro atoms. The van der Waals surface area contributed by atoms with E-state index in [0.717, 1.165) is 18.2 Å². The van der Waals surface area contributed by atoms with E-state index in [1.54, 1.807) is 7.05 Å². The third kappa shape index (κ3) is 6.41. The number of halogens is 4. The van der Waals surface area contributed by atoms with Gasteiger partial charge >= 0.3 is 6.18 Å². The van der Waals surface area contributed by atoms with Crippen molar-refractivity contribution >= 4 is 29.7 Å². The molecule has 1 unspecified atom stereocenters. The first-order valence-corrected chi connectivity index (χ1v) is 13.9. The molecule has 1 N–H and O–H groups in total. The van der Waals surface area contributed by atoms with Gasteiger partial charge in [0.15, 0.2) is 0 Å². The summed E-state index contributed by atoms with van der Waals surface area (Å²) in [5.74, 6) is 0.420. The molecule has 3 atom stereocenters. The molecule has 212 valence electrons. The van der Waals surface area contributed by atoms with Gasteiger partial charge in [-0.25, -0.2) is 4.39 Å². The van der Waals surface area contributed by atoms with Gasteiger partial charge in [-0.2, -0.15) is 13.2 Å². The highest BCUT2D eigenvalue weighted by molar-refractivity contribution is 7.99. The Balaban J connectivity index is 2.02. The summed E-state index contributed by atoms with van der Waals surface area (Å²) >= 11 is 1.32. The number of rotatable bonds is 5. The van der Waals surface area contributed by atoms with Crippen LogP contribution >= 0.6 is 11.8 Å². The van der Waals surface area contributed by atoms with Gasteiger partial charge in [0.25, 0.3) is 0 Å². The van der Waals surface area contributed by atoms with Gasteiger partial charge in [0.2, 0.25) is 6.41 Å². The number of benzene rings is 2. The number of piperazine rings is 1. The number of hydrogen-bond acceptors (Lipinski definition) is 5. The Morgan fingerprint density at radius 1 is 1.15 bits per heavy atom. The first-order valence-electron chi connectivity index (χ1n) is 12.9. The zero-order valence-corrected chi connectivity index (χ0v) is 23.7. The van der Waals surface area contributed by atoms with Gasteiger partial charge in [-0.05, 0) is 57.6 Å². The van der Waals surface area contributed by atoms with Crippen LogP contribution < -0.4 is 10.2 Å². The number of nitrogens with one attached hydrogen (secondary N) is 1. The summed E-state index contributed by atoms with van der Waals surface area (Å²) in [7, 11) is 5.43. The second kappa shape index (κ2) is 11.9. The number of fused-ring (bicyclic) bond motifs is 1. The number of hydrogen-bond donors (Lipinski definition) is 1. The molecule has 0 aliphatic carbocycles. The van der Waals surface area contributed by atoms with E-state index in [-0.39, 0.29) is 34.7 Å². The minimum absolute atomic E-state index is 0.0205.